The first kappa shape index (κ1) is 12.2. The number of hydrogen-bond acceptors (Lipinski definition) is 4. The molecule has 6 heteroatoms. The molecule has 1 aliphatic rings. The summed E-state index contributed by atoms with van der Waals surface area (Å²) < 4.78 is 11.7. The Balaban J connectivity index is 2.51. The predicted octanol–water partition coefficient (Wildman–Crippen LogP) is 1.35. The molecule has 1 aromatic rings. The van der Waals surface area contributed by atoms with Crippen LogP contribution in [0.25, 0.3) is 0 Å². The molecule has 1 aliphatic heterocycles. The number of hydrogen-bond donors (Lipinski definition) is 2. The van der Waals surface area contributed by atoms with Gasteiger partial charge in [0.2, 0.25) is 0 Å². The average molecular weight is 302 g/mol. The van der Waals surface area contributed by atoms with Crippen molar-refractivity contribution in [1.82, 2.24) is 0 Å². The lowest BCUT2D eigenvalue weighted by Crippen LogP contribution is -2.24. The van der Waals surface area contributed by atoms with Gasteiger partial charge in [0, 0.05) is 12.1 Å². The van der Waals surface area contributed by atoms with Crippen molar-refractivity contribution in [3.8, 4) is 11.5 Å². The van der Waals surface area contributed by atoms with Crippen molar-refractivity contribution in [3.05, 3.63) is 22.2 Å². The second kappa shape index (κ2) is 4.93. The molecule has 1 aromatic carbocycles. The van der Waals surface area contributed by atoms with Crippen LogP contribution in [-0.4, -0.2) is 30.8 Å². The number of nitrogens with two attached hydrogens (primary N) is 1. The first-order chi connectivity index (χ1) is 8.15. The van der Waals surface area contributed by atoms with Crippen LogP contribution in [0.3, 0.4) is 0 Å². The van der Waals surface area contributed by atoms with Crippen molar-refractivity contribution >= 4 is 21.9 Å². The van der Waals surface area contributed by atoms with E-state index in [1.165, 1.54) is 0 Å². The molecule has 0 aliphatic carbocycles. The molecule has 92 valence electrons. The third-order valence-electron chi connectivity index (χ3n) is 2.58. The van der Waals surface area contributed by atoms with Gasteiger partial charge in [0.15, 0.2) is 11.5 Å². The smallest absolute Gasteiger partial charge is 0.312 e. The Bertz CT molecular complexity index is 449. The Morgan fingerprint density at radius 1 is 1.41 bits per heavy atom. The number of ether oxygens (including phenoxy) is 2. The highest BCUT2D eigenvalue weighted by Crippen LogP contribution is 2.42. The number of rotatable bonds is 3. The fourth-order valence-corrected chi connectivity index (χ4v) is 2.19. The lowest BCUT2D eigenvalue weighted by molar-refractivity contribution is -0.138. The fraction of sp³-hybridized carbons (Fsp3) is 0.364. The Labute approximate surface area is 107 Å². The fourth-order valence-electron chi connectivity index (χ4n) is 1.76. The zero-order valence-electron chi connectivity index (χ0n) is 8.98. The van der Waals surface area contributed by atoms with E-state index >= 15 is 0 Å². The molecular weight excluding hydrogens is 290 g/mol. The topological polar surface area (TPSA) is 81.8 Å². The maximum Gasteiger partial charge on any atom is 0.312 e. The van der Waals surface area contributed by atoms with Crippen LogP contribution >= 0.6 is 15.9 Å². The number of halogens is 1. The average Bonchev–Trinajstić information content (AvgIpc) is 2.33. The summed E-state index contributed by atoms with van der Waals surface area (Å²) in [5.74, 6) is -0.721. The van der Waals surface area contributed by atoms with Crippen LogP contribution in [-0.2, 0) is 4.79 Å². The van der Waals surface area contributed by atoms with Gasteiger partial charge in [0.25, 0.3) is 0 Å². The summed E-state index contributed by atoms with van der Waals surface area (Å²) in [5, 5.41) is 9.11. The highest BCUT2D eigenvalue weighted by Gasteiger charge is 2.27. The van der Waals surface area contributed by atoms with Crippen LogP contribution in [0.5, 0.6) is 11.5 Å². The molecule has 17 heavy (non-hydrogen) atoms. The number of carboxylic acid groups (broad SMARTS) is 1. The monoisotopic (exact) mass is 301 g/mol. The van der Waals surface area contributed by atoms with E-state index in [4.69, 9.17) is 20.3 Å². The van der Waals surface area contributed by atoms with Crippen molar-refractivity contribution in [2.75, 3.05) is 19.8 Å². The van der Waals surface area contributed by atoms with Crippen molar-refractivity contribution < 1.29 is 19.4 Å². The van der Waals surface area contributed by atoms with E-state index in [0.717, 1.165) is 4.47 Å². The molecule has 0 spiro atoms. The van der Waals surface area contributed by atoms with Gasteiger partial charge in [-0.25, -0.2) is 0 Å². The summed E-state index contributed by atoms with van der Waals surface area (Å²) in [6, 6.07) is 3.44. The zero-order chi connectivity index (χ0) is 12.4. The van der Waals surface area contributed by atoms with Crippen molar-refractivity contribution in [3.63, 3.8) is 0 Å². The minimum absolute atomic E-state index is 0.0206. The van der Waals surface area contributed by atoms with E-state index in [9.17, 15) is 4.79 Å². The lowest BCUT2D eigenvalue weighted by Gasteiger charge is -2.24. The molecule has 1 heterocycles. The standard InChI is InChI=1S/C11H12BrNO4/c12-8-2-1-6(7(5-13)11(14)15)9-10(8)17-4-3-16-9/h1-2,7H,3-5,13H2,(H,14,15). The van der Waals surface area contributed by atoms with Gasteiger partial charge in [0.05, 0.1) is 10.4 Å². The normalized spacial score (nSPS) is 15.4. The van der Waals surface area contributed by atoms with Crippen molar-refractivity contribution in [2.45, 2.75) is 5.92 Å². The van der Waals surface area contributed by atoms with E-state index in [2.05, 4.69) is 15.9 Å². The van der Waals surface area contributed by atoms with Crippen LogP contribution < -0.4 is 15.2 Å². The van der Waals surface area contributed by atoms with Crippen LogP contribution in [0.2, 0.25) is 0 Å². The van der Waals surface area contributed by atoms with Crippen LogP contribution in [0.15, 0.2) is 16.6 Å². The van der Waals surface area contributed by atoms with E-state index in [1.807, 2.05) is 0 Å². The summed E-state index contributed by atoms with van der Waals surface area (Å²) in [5.41, 5.74) is 6.04. The lowest BCUT2D eigenvalue weighted by atomic mass is 9.98. The van der Waals surface area contributed by atoms with Crippen LogP contribution in [0, 0.1) is 0 Å². The summed E-state index contributed by atoms with van der Waals surface area (Å²) in [6.07, 6.45) is 0. The number of fused-ring (bicyclic) bond motifs is 1. The minimum Gasteiger partial charge on any atom is -0.486 e. The molecule has 0 aromatic heterocycles. The Hall–Kier alpha value is -1.27. The van der Waals surface area contributed by atoms with Crippen LogP contribution in [0.1, 0.15) is 11.5 Å². The maximum absolute atomic E-state index is 11.1. The molecule has 2 rings (SSSR count). The minimum atomic E-state index is -0.966. The van der Waals surface area contributed by atoms with Gasteiger partial charge in [-0.3, -0.25) is 4.79 Å². The number of carboxylic acids is 1. The third kappa shape index (κ3) is 2.23. The van der Waals surface area contributed by atoms with E-state index in [-0.39, 0.29) is 6.54 Å². The molecule has 0 fully saturated rings. The van der Waals surface area contributed by atoms with E-state index < -0.39 is 11.9 Å². The van der Waals surface area contributed by atoms with Gasteiger partial charge >= 0.3 is 5.97 Å². The quantitative estimate of drug-likeness (QED) is 0.880. The summed E-state index contributed by atoms with van der Waals surface area (Å²) in [7, 11) is 0. The van der Waals surface area contributed by atoms with Gasteiger partial charge in [0.1, 0.15) is 13.2 Å². The second-order valence-corrected chi connectivity index (χ2v) is 4.47. The van der Waals surface area contributed by atoms with Crippen molar-refractivity contribution in [1.29, 1.82) is 0 Å². The third-order valence-corrected chi connectivity index (χ3v) is 3.20. The van der Waals surface area contributed by atoms with Gasteiger partial charge in [-0.15, -0.1) is 0 Å². The van der Waals surface area contributed by atoms with Crippen molar-refractivity contribution in [2.24, 2.45) is 5.73 Å². The molecule has 0 saturated heterocycles. The number of aliphatic carboxylic acids is 1. The molecule has 0 bridgehead atoms. The maximum atomic E-state index is 11.1. The molecular formula is C11H12BrNO4. The molecule has 0 radical (unpaired) electrons. The van der Waals surface area contributed by atoms with E-state index in [0.29, 0.717) is 30.3 Å². The molecule has 3 N–H and O–H groups in total. The molecule has 1 unspecified atom stereocenters. The van der Waals surface area contributed by atoms with Gasteiger partial charge < -0.3 is 20.3 Å². The molecule has 1 atom stereocenters. The number of carbonyl (C=O) groups is 1. The zero-order valence-corrected chi connectivity index (χ0v) is 10.6. The van der Waals surface area contributed by atoms with E-state index in [1.54, 1.807) is 12.1 Å². The van der Waals surface area contributed by atoms with Gasteiger partial charge in [-0.2, -0.15) is 0 Å². The summed E-state index contributed by atoms with van der Waals surface area (Å²) >= 11 is 3.34. The second-order valence-electron chi connectivity index (χ2n) is 3.62. The molecule has 0 saturated carbocycles. The number of benzene rings is 1. The SMILES string of the molecule is NCC(C(=O)O)c1ccc(Br)c2c1OCCO2. The summed E-state index contributed by atoms with van der Waals surface area (Å²) in [4.78, 5) is 11.1. The van der Waals surface area contributed by atoms with Gasteiger partial charge in [-0.1, -0.05) is 6.07 Å². The Morgan fingerprint density at radius 2 is 2.06 bits per heavy atom. The summed E-state index contributed by atoms with van der Waals surface area (Å²) in [6.45, 7) is 0.884. The highest BCUT2D eigenvalue weighted by molar-refractivity contribution is 9.10. The largest absolute Gasteiger partial charge is 0.486 e. The highest BCUT2D eigenvalue weighted by atomic mass is 79.9. The first-order valence-electron chi connectivity index (χ1n) is 5.16. The molecule has 5 nitrogen and oxygen atoms in total. The van der Waals surface area contributed by atoms with Crippen LogP contribution in [0.4, 0.5) is 0 Å². The first-order valence-corrected chi connectivity index (χ1v) is 5.95. The molecule has 0 amide bonds. The Kier molecular flexibility index (Phi) is 3.54. The van der Waals surface area contributed by atoms with Gasteiger partial charge in [-0.05, 0) is 22.0 Å². The Morgan fingerprint density at radius 3 is 2.65 bits per heavy atom. The predicted molar refractivity (Wildman–Crippen MR) is 64.6 cm³/mol.